The summed E-state index contributed by atoms with van der Waals surface area (Å²) in [6, 6.07) is 5.31. The highest BCUT2D eigenvalue weighted by molar-refractivity contribution is 6.18. The van der Waals surface area contributed by atoms with Crippen molar-refractivity contribution in [1.29, 1.82) is 0 Å². The fourth-order valence-corrected chi connectivity index (χ4v) is 2.94. The van der Waals surface area contributed by atoms with Crippen molar-refractivity contribution in [2.45, 2.75) is 32.0 Å². The summed E-state index contributed by atoms with van der Waals surface area (Å²) in [6.45, 7) is 2.63. The molecule has 5 heteroatoms. The maximum absolute atomic E-state index is 12.5. The van der Waals surface area contributed by atoms with Crippen molar-refractivity contribution in [1.82, 2.24) is 0 Å². The van der Waals surface area contributed by atoms with E-state index in [0.717, 1.165) is 24.1 Å². The van der Waals surface area contributed by atoms with Crippen molar-refractivity contribution in [3.63, 3.8) is 0 Å². The van der Waals surface area contributed by atoms with Gasteiger partial charge in [0.25, 0.3) is 0 Å². The molecule has 1 aliphatic heterocycles. The van der Waals surface area contributed by atoms with E-state index in [1.165, 1.54) is 12.1 Å². The zero-order valence-corrected chi connectivity index (χ0v) is 11.4. The second kappa shape index (κ2) is 5.33. The minimum Gasteiger partial charge on any atom is -0.378 e. The van der Waals surface area contributed by atoms with Gasteiger partial charge in [-0.1, -0.05) is 12.1 Å². The van der Waals surface area contributed by atoms with Gasteiger partial charge in [-0.3, -0.25) is 0 Å². The molecular formula is C14H16ClF3O. The molecule has 0 spiro atoms. The molecule has 106 valence electrons. The number of ether oxygens (including phenoxy) is 1. The van der Waals surface area contributed by atoms with Crippen molar-refractivity contribution < 1.29 is 17.9 Å². The molecule has 0 bridgehead atoms. The number of hydrogen-bond donors (Lipinski definition) is 0. The largest absolute Gasteiger partial charge is 0.416 e. The maximum Gasteiger partial charge on any atom is 0.416 e. The lowest BCUT2D eigenvalue weighted by atomic mass is 9.78. The van der Waals surface area contributed by atoms with Gasteiger partial charge < -0.3 is 4.74 Å². The van der Waals surface area contributed by atoms with Crippen LogP contribution in [-0.2, 0) is 17.3 Å². The lowest BCUT2D eigenvalue weighted by molar-refractivity contribution is -0.137. The third kappa shape index (κ3) is 3.06. The summed E-state index contributed by atoms with van der Waals surface area (Å²) in [5.74, 6) is 0.454. The maximum atomic E-state index is 12.5. The monoisotopic (exact) mass is 292 g/mol. The van der Waals surface area contributed by atoms with Gasteiger partial charge in [-0.25, -0.2) is 0 Å². The summed E-state index contributed by atoms with van der Waals surface area (Å²) >= 11 is 6.05. The third-order valence-corrected chi connectivity index (χ3v) is 4.47. The zero-order valence-electron chi connectivity index (χ0n) is 10.6. The Labute approximate surface area is 115 Å². The predicted octanol–water partition coefficient (Wildman–Crippen LogP) is 4.28. The highest BCUT2D eigenvalue weighted by Crippen LogP contribution is 2.39. The van der Waals surface area contributed by atoms with Crippen molar-refractivity contribution in [3.8, 4) is 0 Å². The smallest absolute Gasteiger partial charge is 0.378 e. The minimum absolute atomic E-state index is 0.0345. The van der Waals surface area contributed by atoms with Crippen LogP contribution in [0.2, 0.25) is 0 Å². The third-order valence-electron chi connectivity index (χ3n) is 3.93. The first-order chi connectivity index (χ1) is 8.87. The molecular weight excluding hydrogens is 277 g/mol. The molecule has 0 N–H and O–H groups in total. The lowest BCUT2D eigenvalue weighted by Crippen LogP contribution is -2.33. The average Bonchev–Trinajstić information content (AvgIpc) is 2.71. The SMILES string of the molecule is CC1OCCC1(CCl)Cc1ccc(C(F)(F)F)cc1. The van der Waals surface area contributed by atoms with E-state index >= 15 is 0 Å². The predicted molar refractivity (Wildman–Crippen MR) is 68.3 cm³/mol. The summed E-state index contributed by atoms with van der Waals surface area (Å²) < 4.78 is 43.0. The van der Waals surface area contributed by atoms with Crippen LogP contribution in [0.15, 0.2) is 24.3 Å². The Bertz CT molecular complexity index is 429. The molecule has 2 atom stereocenters. The van der Waals surface area contributed by atoms with Crippen LogP contribution in [0.1, 0.15) is 24.5 Å². The van der Waals surface area contributed by atoms with Gasteiger partial charge in [-0.15, -0.1) is 11.6 Å². The van der Waals surface area contributed by atoms with E-state index < -0.39 is 11.7 Å². The summed E-state index contributed by atoms with van der Waals surface area (Å²) in [6.07, 6.45) is -2.76. The number of halogens is 4. The van der Waals surface area contributed by atoms with Crippen LogP contribution in [0.3, 0.4) is 0 Å². The van der Waals surface area contributed by atoms with E-state index in [2.05, 4.69) is 0 Å². The highest BCUT2D eigenvalue weighted by atomic mass is 35.5. The second-order valence-electron chi connectivity index (χ2n) is 5.13. The van der Waals surface area contributed by atoms with Crippen LogP contribution in [0.25, 0.3) is 0 Å². The van der Waals surface area contributed by atoms with Crippen LogP contribution in [0, 0.1) is 5.41 Å². The molecule has 1 nitrogen and oxygen atoms in total. The van der Waals surface area contributed by atoms with Gasteiger partial charge in [-0.2, -0.15) is 13.2 Å². The number of alkyl halides is 4. The highest BCUT2D eigenvalue weighted by Gasteiger charge is 2.41. The van der Waals surface area contributed by atoms with E-state index in [-0.39, 0.29) is 11.5 Å². The van der Waals surface area contributed by atoms with Gasteiger partial charge in [0.2, 0.25) is 0 Å². The fraction of sp³-hybridized carbons (Fsp3) is 0.571. The Balaban J connectivity index is 2.15. The standard InChI is InChI=1S/C14H16ClF3O/c1-10-13(9-15,6-7-19-10)8-11-2-4-12(5-3-11)14(16,17)18/h2-5,10H,6-9H2,1H3. The van der Waals surface area contributed by atoms with Gasteiger partial charge in [0, 0.05) is 17.9 Å². The summed E-state index contributed by atoms with van der Waals surface area (Å²) in [5.41, 5.74) is 0.0827. The molecule has 1 aromatic rings. The van der Waals surface area contributed by atoms with Crippen LogP contribution in [0.4, 0.5) is 13.2 Å². The molecule has 2 rings (SSSR count). The summed E-state index contributed by atoms with van der Waals surface area (Å²) in [5, 5.41) is 0. The number of rotatable bonds is 3. The second-order valence-corrected chi connectivity index (χ2v) is 5.40. The van der Waals surface area contributed by atoms with Crippen LogP contribution < -0.4 is 0 Å². The Morgan fingerprint density at radius 2 is 1.95 bits per heavy atom. The Kier molecular flexibility index (Phi) is 4.11. The molecule has 0 aromatic heterocycles. The quantitative estimate of drug-likeness (QED) is 0.756. The lowest BCUT2D eigenvalue weighted by Gasteiger charge is -2.30. The Hall–Kier alpha value is -0.740. The van der Waals surface area contributed by atoms with E-state index in [9.17, 15) is 13.2 Å². The van der Waals surface area contributed by atoms with Gasteiger partial charge in [-0.05, 0) is 37.5 Å². The molecule has 0 aliphatic carbocycles. The first-order valence-electron chi connectivity index (χ1n) is 6.21. The molecule has 1 saturated heterocycles. The Morgan fingerprint density at radius 3 is 2.37 bits per heavy atom. The number of hydrogen-bond acceptors (Lipinski definition) is 1. The molecule has 19 heavy (non-hydrogen) atoms. The Morgan fingerprint density at radius 1 is 1.32 bits per heavy atom. The van der Waals surface area contributed by atoms with Crippen molar-refractivity contribution in [2.24, 2.45) is 5.41 Å². The fourth-order valence-electron chi connectivity index (χ4n) is 2.49. The average molecular weight is 293 g/mol. The van der Waals surface area contributed by atoms with Crippen molar-refractivity contribution in [2.75, 3.05) is 12.5 Å². The van der Waals surface area contributed by atoms with Gasteiger partial charge in [0.15, 0.2) is 0 Å². The number of benzene rings is 1. The van der Waals surface area contributed by atoms with Crippen LogP contribution >= 0.6 is 11.6 Å². The van der Waals surface area contributed by atoms with E-state index in [0.29, 0.717) is 18.9 Å². The molecule has 0 radical (unpaired) electrons. The van der Waals surface area contributed by atoms with Gasteiger partial charge in [0.1, 0.15) is 0 Å². The molecule has 0 saturated carbocycles. The summed E-state index contributed by atoms with van der Waals surface area (Å²) in [7, 11) is 0. The molecule has 1 heterocycles. The normalized spacial score (nSPS) is 27.7. The van der Waals surface area contributed by atoms with Crippen LogP contribution in [0.5, 0.6) is 0 Å². The first-order valence-corrected chi connectivity index (χ1v) is 6.74. The van der Waals surface area contributed by atoms with E-state index in [1.807, 2.05) is 6.92 Å². The zero-order chi connectivity index (χ0) is 14.1. The summed E-state index contributed by atoms with van der Waals surface area (Å²) in [4.78, 5) is 0. The van der Waals surface area contributed by atoms with Crippen molar-refractivity contribution >= 4 is 11.6 Å². The minimum atomic E-state index is -4.29. The molecule has 1 aromatic carbocycles. The topological polar surface area (TPSA) is 9.23 Å². The van der Waals surface area contributed by atoms with Gasteiger partial charge in [0.05, 0.1) is 11.7 Å². The van der Waals surface area contributed by atoms with Crippen molar-refractivity contribution in [3.05, 3.63) is 35.4 Å². The first kappa shape index (κ1) is 14.7. The molecule has 2 unspecified atom stereocenters. The van der Waals surface area contributed by atoms with E-state index in [4.69, 9.17) is 16.3 Å². The molecule has 1 fully saturated rings. The molecule has 1 aliphatic rings. The molecule has 0 amide bonds. The van der Waals surface area contributed by atoms with E-state index in [1.54, 1.807) is 0 Å². The van der Waals surface area contributed by atoms with Crippen LogP contribution in [-0.4, -0.2) is 18.6 Å². The van der Waals surface area contributed by atoms with Gasteiger partial charge >= 0.3 is 6.18 Å².